The summed E-state index contributed by atoms with van der Waals surface area (Å²) in [6.45, 7) is 0. The molecule has 1 aromatic heterocycles. The number of carbonyl (C=O) groups excluding carboxylic acids is 1. The van der Waals surface area contributed by atoms with Gasteiger partial charge in [0.05, 0.1) is 11.1 Å². The fraction of sp³-hybridized carbons (Fsp3) is 0. The smallest absolute Gasteiger partial charge is 0.349 e. The number of non-ortho nitro benzene ring substituents is 1. The highest BCUT2D eigenvalue weighted by molar-refractivity contribution is 9.10. The molecule has 1 heterocycles. The van der Waals surface area contributed by atoms with Gasteiger partial charge in [0.15, 0.2) is 0 Å². The van der Waals surface area contributed by atoms with Crippen LogP contribution in [0.4, 0.5) is 5.69 Å². The molecule has 3 rings (SSSR count). The van der Waals surface area contributed by atoms with Gasteiger partial charge in [-0.2, -0.15) is 5.10 Å². The molecule has 0 fully saturated rings. The summed E-state index contributed by atoms with van der Waals surface area (Å²) in [5.41, 5.74) is 1.90. The number of hydrazone groups is 1. The van der Waals surface area contributed by atoms with Crippen LogP contribution in [0, 0.1) is 10.1 Å². The number of nitrogens with one attached hydrogen (secondary N) is 1. The monoisotopic (exact) mass is 415 g/mol. The average Bonchev–Trinajstić information content (AvgIpc) is 2.61. The van der Waals surface area contributed by atoms with Crippen LogP contribution in [-0.2, 0) is 0 Å². The Bertz CT molecular complexity index is 1110. The molecule has 0 unspecified atom stereocenters. The quantitative estimate of drug-likeness (QED) is 0.304. The largest absolute Gasteiger partial charge is 0.422 e. The van der Waals surface area contributed by atoms with Crippen LogP contribution in [0.25, 0.3) is 11.0 Å². The average molecular weight is 416 g/mol. The standard InChI is InChI=1S/C17H10BrN3O5/c18-12-4-5-15-11(7-12)8-14(17(23)26-15)16(22)20-19-9-10-2-1-3-13(6-10)21(24)25/h1-9H,(H,20,22). The van der Waals surface area contributed by atoms with Crippen molar-refractivity contribution < 1.29 is 14.1 Å². The van der Waals surface area contributed by atoms with E-state index < -0.39 is 16.5 Å². The summed E-state index contributed by atoms with van der Waals surface area (Å²) >= 11 is 3.30. The van der Waals surface area contributed by atoms with Crippen LogP contribution < -0.4 is 11.1 Å². The number of hydrogen-bond acceptors (Lipinski definition) is 6. The molecule has 1 N–H and O–H groups in total. The van der Waals surface area contributed by atoms with E-state index in [9.17, 15) is 19.7 Å². The first-order valence-electron chi connectivity index (χ1n) is 7.25. The van der Waals surface area contributed by atoms with Crippen LogP contribution in [0.15, 0.2) is 67.3 Å². The van der Waals surface area contributed by atoms with Crippen molar-refractivity contribution in [2.75, 3.05) is 0 Å². The molecule has 0 spiro atoms. The van der Waals surface area contributed by atoms with Crippen molar-refractivity contribution in [3.8, 4) is 0 Å². The van der Waals surface area contributed by atoms with Crippen molar-refractivity contribution in [2.45, 2.75) is 0 Å². The molecule has 0 aliphatic rings. The predicted molar refractivity (Wildman–Crippen MR) is 98.3 cm³/mol. The van der Waals surface area contributed by atoms with E-state index in [1.165, 1.54) is 30.5 Å². The van der Waals surface area contributed by atoms with Gasteiger partial charge < -0.3 is 4.42 Å². The van der Waals surface area contributed by atoms with E-state index in [1.54, 1.807) is 24.3 Å². The molecule has 1 amide bonds. The summed E-state index contributed by atoms with van der Waals surface area (Å²) in [4.78, 5) is 34.3. The normalized spacial score (nSPS) is 11.0. The highest BCUT2D eigenvalue weighted by Crippen LogP contribution is 2.19. The first-order chi connectivity index (χ1) is 12.4. The summed E-state index contributed by atoms with van der Waals surface area (Å²) in [6.07, 6.45) is 1.24. The van der Waals surface area contributed by atoms with Crippen molar-refractivity contribution in [3.63, 3.8) is 0 Å². The number of benzene rings is 2. The maximum Gasteiger partial charge on any atom is 0.349 e. The number of hydrogen-bond donors (Lipinski definition) is 1. The molecule has 0 saturated carbocycles. The van der Waals surface area contributed by atoms with E-state index in [0.717, 1.165) is 4.47 Å². The van der Waals surface area contributed by atoms with Gasteiger partial charge in [-0.05, 0) is 24.3 Å². The maximum absolute atomic E-state index is 12.2. The summed E-state index contributed by atoms with van der Waals surface area (Å²) in [6, 6.07) is 12.2. The Balaban J connectivity index is 1.81. The topological polar surface area (TPSA) is 115 Å². The molecule has 2 aromatic carbocycles. The van der Waals surface area contributed by atoms with Crippen LogP contribution >= 0.6 is 15.9 Å². The lowest BCUT2D eigenvalue weighted by Crippen LogP contribution is -2.24. The first-order valence-corrected chi connectivity index (χ1v) is 8.04. The van der Waals surface area contributed by atoms with Crippen LogP contribution in [0.1, 0.15) is 15.9 Å². The number of nitrogens with zero attached hydrogens (tertiary/aromatic N) is 2. The molecule has 3 aromatic rings. The fourth-order valence-corrected chi connectivity index (χ4v) is 2.58. The highest BCUT2D eigenvalue weighted by Gasteiger charge is 2.13. The molecule has 0 atom stereocenters. The van der Waals surface area contributed by atoms with E-state index in [1.807, 2.05) is 0 Å². The molecular weight excluding hydrogens is 406 g/mol. The summed E-state index contributed by atoms with van der Waals surface area (Å²) < 4.78 is 5.88. The zero-order valence-corrected chi connectivity index (χ0v) is 14.6. The summed E-state index contributed by atoms with van der Waals surface area (Å²) in [5.74, 6) is -0.748. The van der Waals surface area contributed by atoms with Crippen molar-refractivity contribution in [2.24, 2.45) is 5.10 Å². The minimum Gasteiger partial charge on any atom is -0.422 e. The Morgan fingerprint density at radius 2 is 2.04 bits per heavy atom. The number of carbonyl (C=O) groups is 1. The maximum atomic E-state index is 12.2. The number of halogens is 1. The third-order valence-electron chi connectivity index (χ3n) is 3.40. The Morgan fingerprint density at radius 3 is 2.81 bits per heavy atom. The first kappa shape index (κ1) is 17.5. The number of rotatable bonds is 4. The van der Waals surface area contributed by atoms with Gasteiger partial charge >= 0.3 is 5.63 Å². The Labute approximate surface area is 154 Å². The van der Waals surface area contributed by atoms with Crippen molar-refractivity contribution in [3.05, 3.63) is 84.7 Å². The fourth-order valence-electron chi connectivity index (χ4n) is 2.20. The Hall–Kier alpha value is -3.33. The number of amides is 1. The van der Waals surface area contributed by atoms with Crippen LogP contribution in [0.3, 0.4) is 0 Å². The van der Waals surface area contributed by atoms with Gasteiger partial charge in [0.25, 0.3) is 11.6 Å². The van der Waals surface area contributed by atoms with E-state index in [2.05, 4.69) is 26.5 Å². The molecule has 0 aliphatic carbocycles. The van der Waals surface area contributed by atoms with Crippen LogP contribution in [-0.4, -0.2) is 17.0 Å². The predicted octanol–water partition coefficient (Wildman–Crippen LogP) is 3.23. The van der Waals surface area contributed by atoms with E-state index >= 15 is 0 Å². The molecule has 0 radical (unpaired) electrons. The van der Waals surface area contributed by atoms with Gasteiger partial charge in [0, 0.05) is 27.6 Å². The molecule has 0 bridgehead atoms. The summed E-state index contributed by atoms with van der Waals surface area (Å²) in [7, 11) is 0. The molecule has 8 nitrogen and oxygen atoms in total. The van der Waals surface area contributed by atoms with Gasteiger partial charge in [-0.25, -0.2) is 10.2 Å². The van der Waals surface area contributed by atoms with Crippen molar-refractivity contribution in [1.29, 1.82) is 0 Å². The third-order valence-corrected chi connectivity index (χ3v) is 3.89. The zero-order chi connectivity index (χ0) is 18.7. The number of nitro groups is 1. The lowest BCUT2D eigenvalue weighted by molar-refractivity contribution is -0.384. The van der Waals surface area contributed by atoms with E-state index in [-0.39, 0.29) is 11.3 Å². The SMILES string of the molecule is O=C(NN=Cc1cccc([N+](=O)[O-])c1)c1cc2cc(Br)ccc2oc1=O. The third kappa shape index (κ3) is 3.83. The molecule has 130 valence electrons. The van der Waals surface area contributed by atoms with Crippen molar-refractivity contribution >= 4 is 44.7 Å². The van der Waals surface area contributed by atoms with Gasteiger partial charge in [-0.1, -0.05) is 28.1 Å². The zero-order valence-electron chi connectivity index (χ0n) is 13.0. The molecule has 26 heavy (non-hydrogen) atoms. The second-order valence-corrected chi connectivity index (χ2v) is 6.10. The van der Waals surface area contributed by atoms with Gasteiger partial charge in [0.2, 0.25) is 0 Å². The molecular formula is C17H10BrN3O5. The number of nitro benzene ring substituents is 1. The Kier molecular flexibility index (Phi) is 4.90. The molecule has 0 saturated heterocycles. The van der Waals surface area contributed by atoms with Gasteiger partial charge in [-0.3, -0.25) is 14.9 Å². The highest BCUT2D eigenvalue weighted by atomic mass is 79.9. The van der Waals surface area contributed by atoms with Gasteiger partial charge in [0.1, 0.15) is 11.1 Å². The Morgan fingerprint density at radius 1 is 1.23 bits per heavy atom. The van der Waals surface area contributed by atoms with Gasteiger partial charge in [-0.15, -0.1) is 0 Å². The summed E-state index contributed by atoms with van der Waals surface area (Å²) in [5, 5.41) is 15.0. The minimum absolute atomic E-state index is 0.0963. The number of fused-ring (bicyclic) bond motifs is 1. The van der Waals surface area contributed by atoms with E-state index in [0.29, 0.717) is 16.5 Å². The second kappa shape index (κ2) is 7.28. The minimum atomic E-state index is -0.789. The van der Waals surface area contributed by atoms with Crippen LogP contribution in [0.5, 0.6) is 0 Å². The van der Waals surface area contributed by atoms with Crippen LogP contribution in [0.2, 0.25) is 0 Å². The van der Waals surface area contributed by atoms with Crippen molar-refractivity contribution in [1.82, 2.24) is 5.43 Å². The second-order valence-electron chi connectivity index (χ2n) is 5.18. The van der Waals surface area contributed by atoms with E-state index in [4.69, 9.17) is 4.42 Å². The lowest BCUT2D eigenvalue weighted by atomic mass is 10.2. The molecule has 9 heteroatoms. The lowest BCUT2D eigenvalue weighted by Gasteiger charge is -2.02. The molecule has 0 aliphatic heterocycles.